The minimum Gasteiger partial charge on any atom is -0.379 e. The normalized spacial score (nSPS) is 13.1. The zero-order chi connectivity index (χ0) is 10.6. The monoisotopic (exact) mass is 203 g/mol. The third kappa shape index (κ3) is 9.96. The summed E-state index contributed by atoms with van der Waals surface area (Å²) >= 11 is 0. The Kier molecular flexibility index (Phi) is 10.9. The van der Waals surface area contributed by atoms with Gasteiger partial charge < -0.3 is 14.8 Å². The van der Waals surface area contributed by atoms with Gasteiger partial charge in [0.05, 0.1) is 19.8 Å². The average Bonchev–Trinajstić information content (AvgIpc) is 2.21. The molecule has 0 radical (unpaired) electrons. The van der Waals surface area contributed by atoms with Crippen LogP contribution in [0.15, 0.2) is 0 Å². The van der Waals surface area contributed by atoms with Crippen LogP contribution >= 0.6 is 0 Å². The Morgan fingerprint density at radius 2 is 1.64 bits per heavy atom. The van der Waals surface area contributed by atoms with E-state index in [1.807, 2.05) is 0 Å². The molecular weight excluding hydrogens is 178 g/mol. The van der Waals surface area contributed by atoms with Gasteiger partial charge in [0, 0.05) is 19.2 Å². The van der Waals surface area contributed by atoms with Crippen LogP contribution in [0.5, 0.6) is 0 Å². The second-order valence-electron chi connectivity index (χ2n) is 3.49. The van der Waals surface area contributed by atoms with Crippen LogP contribution in [-0.2, 0) is 9.47 Å². The van der Waals surface area contributed by atoms with Crippen molar-refractivity contribution in [3.63, 3.8) is 0 Å². The third-order valence-electron chi connectivity index (χ3n) is 2.07. The predicted molar refractivity (Wildman–Crippen MR) is 59.7 cm³/mol. The molecule has 0 amide bonds. The van der Waals surface area contributed by atoms with Crippen molar-refractivity contribution >= 4 is 0 Å². The van der Waals surface area contributed by atoms with Crippen LogP contribution in [-0.4, -0.2) is 39.0 Å². The summed E-state index contributed by atoms with van der Waals surface area (Å²) in [4.78, 5) is 0. The van der Waals surface area contributed by atoms with E-state index in [2.05, 4.69) is 26.1 Å². The van der Waals surface area contributed by atoms with Crippen LogP contribution in [0.1, 0.15) is 33.6 Å². The molecule has 0 aromatic rings. The van der Waals surface area contributed by atoms with Gasteiger partial charge in [-0.15, -0.1) is 0 Å². The van der Waals surface area contributed by atoms with Crippen LogP contribution in [0.4, 0.5) is 0 Å². The first-order chi connectivity index (χ1) is 6.81. The molecule has 0 saturated heterocycles. The molecule has 3 nitrogen and oxygen atoms in total. The molecule has 1 atom stereocenters. The lowest BCUT2D eigenvalue weighted by atomic mass is 10.3. The van der Waals surface area contributed by atoms with E-state index in [1.165, 1.54) is 6.42 Å². The molecule has 86 valence electrons. The summed E-state index contributed by atoms with van der Waals surface area (Å²) < 4.78 is 10.7. The Morgan fingerprint density at radius 3 is 2.21 bits per heavy atom. The number of ether oxygens (including phenoxy) is 2. The lowest BCUT2D eigenvalue weighted by Gasteiger charge is -2.11. The first-order valence-corrected chi connectivity index (χ1v) is 5.70. The van der Waals surface area contributed by atoms with E-state index >= 15 is 0 Å². The van der Waals surface area contributed by atoms with Crippen molar-refractivity contribution in [1.82, 2.24) is 5.32 Å². The summed E-state index contributed by atoms with van der Waals surface area (Å²) in [6.45, 7) is 10.5. The van der Waals surface area contributed by atoms with E-state index in [9.17, 15) is 0 Å². The molecule has 0 aliphatic carbocycles. The minimum absolute atomic E-state index is 0.593. The van der Waals surface area contributed by atoms with Crippen LogP contribution < -0.4 is 5.32 Å². The van der Waals surface area contributed by atoms with E-state index in [1.54, 1.807) is 0 Å². The van der Waals surface area contributed by atoms with E-state index in [0.717, 1.165) is 32.8 Å². The van der Waals surface area contributed by atoms with Crippen molar-refractivity contribution < 1.29 is 9.47 Å². The molecule has 0 aromatic carbocycles. The van der Waals surface area contributed by atoms with Gasteiger partial charge in [-0.2, -0.15) is 0 Å². The first-order valence-electron chi connectivity index (χ1n) is 5.70. The van der Waals surface area contributed by atoms with Crippen molar-refractivity contribution in [2.75, 3.05) is 33.0 Å². The highest BCUT2D eigenvalue weighted by atomic mass is 16.5. The van der Waals surface area contributed by atoms with Gasteiger partial charge in [0.15, 0.2) is 0 Å². The Morgan fingerprint density at radius 1 is 1.00 bits per heavy atom. The summed E-state index contributed by atoms with van der Waals surface area (Å²) in [5.41, 5.74) is 0. The molecule has 1 unspecified atom stereocenters. The smallest absolute Gasteiger partial charge is 0.0701 e. The van der Waals surface area contributed by atoms with Gasteiger partial charge in [-0.3, -0.25) is 0 Å². The van der Waals surface area contributed by atoms with Crippen molar-refractivity contribution in [2.24, 2.45) is 0 Å². The van der Waals surface area contributed by atoms with Crippen LogP contribution in [0, 0.1) is 0 Å². The van der Waals surface area contributed by atoms with E-state index in [0.29, 0.717) is 12.6 Å². The summed E-state index contributed by atoms with van der Waals surface area (Å²) in [5, 5.41) is 3.37. The van der Waals surface area contributed by atoms with Crippen molar-refractivity contribution in [3.05, 3.63) is 0 Å². The van der Waals surface area contributed by atoms with Gasteiger partial charge >= 0.3 is 0 Å². The molecule has 0 fully saturated rings. The highest BCUT2D eigenvalue weighted by Crippen LogP contribution is 1.86. The second kappa shape index (κ2) is 11.0. The van der Waals surface area contributed by atoms with Crippen molar-refractivity contribution in [3.8, 4) is 0 Å². The molecular formula is C11H25NO2. The zero-order valence-electron chi connectivity index (χ0n) is 9.84. The molecule has 0 aliphatic rings. The Labute approximate surface area is 88.2 Å². The fraction of sp³-hybridized carbons (Fsp3) is 1.00. The molecule has 3 heteroatoms. The van der Waals surface area contributed by atoms with E-state index in [4.69, 9.17) is 9.47 Å². The van der Waals surface area contributed by atoms with Crippen molar-refractivity contribution in [1.29, 1.82) is 0 Å². The number of rotatable bonds is 10. The fourth-order valence-corrected chi connectivity index (χ4v) is 0.988. The van der Waals surface area contributed by atoms with Crippen LogP contribution in [0.2, 0.25) is 0 Å². The quantitative estimate of drug-likeness (QED) is 0.549. The second-order valence-corrected chi connectivity index (χ2v) is 3.49. The van der Waals surface area contributed by atoms with Gasteiger partial charge in [0.2, 0.25) is 0 Å². The zero-order valence-corrected chi connectivity index (χ0v) is 9.84. The standard InChI is InChI=1S/C11H25NO2/c1-4-7-13-9-10-14-8-6-12-11(3)5-2/h11-12H,4-10H2,1-3H3. The molecule has 0 bridgehead atoms. The van der Waals surface area contributed by atoms with Gasteiger partial charge in [0.25, 0.3) is 0 Å². The first kappa shape index (κ1) is 13.9. The summed E-state index contributed by atoms with van der Waals surface area (Å²) in [7, 11) is 0. The maximum atomic E-state index is 5.39. The number of hydrogen-bond donors (Lipinski definition) is 1. The van der Waals surface area contributed by atoms with Crippen LogP contribution in [0.3, 0.4) is 0 Å². The molecule has 1 N–H and O–H groups in total. The maximum Gasteiger partial charge on any atom is 0.0701 e. The molecule has 0 aromatic heterocycles. The van der Waals surface area contributed by atoms with Gasteiger partial charge in [-0.1, -0.05) is 13.8 Å². The van der Waals surface area contributed by atoms with E-state index < -0.39 is 0 Å². The summed E-state index contributed by atoms with van der Waals surface area (Å²) in [5.74, 6) is 0. The lowest BCUT2D eigenvalue weighted by molar-refractivity contribution is 0.0485. The van der Waals surface area contributed by atoms with Gasteiger partial charge in [0.1, 0.15) is 0 Å². The molecule has 0 rings (SSSR count). The van der Waals surface area contributed by atoms with E-state index in [-0.39, 0.29) is 0 Å². The third-order valence-corrected chi connectivity index (χ3v) is 2.07. The van der Waals surface area contributed by atoms with Gasteiger partial charge in [-0.25, -0.2) is 0 Å². The predicted octanol–water partition coefficient (Wildman–Crippen LogP) is 1.82. The molecule has 0 spiro atoms. The molecule has 0 heterocycles. The SMILES string of the molecule is CCCOCCOCCNC(C)CC. The number of hydrogen-bond acceptors (Lipinski definition) is 3. The topological polar surface area (TPSA) is 30.5 Å². The maximum absolute atomic E-state index is 5.39. The lowest BCUT2D eigenvalue weighted by Crippen LogP contribution is -2.29. The van der Waals surface area contributed by atoms with Crippen LogP contribution in [0.25, 0.3) is 0 Å². The average molecular weight is 203 g/mol. The number of nitrogens with one attached hydrogen (secondary N) is 1. The molecule has 0 aliphatic heterocycles. The van der Waals surface area contributed by atoms with Crippen molar-refractivity contribution in [2.45, 2.75) is 39.7 Å². The minimum atomic E-state index is 0.593. The Hall–Kier alpha value is -0.120. The fourth-order valence-electron chi connectivity index (χ4n) is 0.988. The molecule has 14 heavy (non-hydrogen) atoms. The summed E-state index contributed by atoms with van der Waals surface area (Å²) in [6, 6.07) is 0.593. The Balaban J connectivity index is 2.92. The largest absolute Gasteiger partial charge is 0.379 e. The highest BCUT2D eigenvalue weighted by Gasteiger charge is 1.95. The Bertz CT molecular complexity index is 109. The summed E-state index contributed by atoms with van der Waals surface area (Å²) in [6.07, 6.45) is 2.25. The highest BCUT2D eigenvalue weighted by molar-refractivity contribution is 4.55. The molecule has 0 saturated carbocycles. The van der Waals surface area contributed by atoms with Gasteiger partial charge in [-0.05, 0) is 19.8 Å².